The van der Waals surface area contributed by atoms with Gasteiger partial charge in [-0.3, -0.25) is 14.9 Å². The topological polar surface area (TPSA) is 111 Å². The van der Waals surface area contributed by atoms with Crippen molar-refractivity contribution in [2.75, 3.05) is 6.61 Å². The number of nitro groups is 1. The third kappa shape index (κ3) is 6.04. The van der Waals surface area contributed by atoms with E-state index in [0.29, 0.717) is 9.24 Å². The van der Waals surface area contributed by atoms with Gasteiger partial charge in [0.25, 0.3) is 11.6 Å². The summed E-state index contributed by atoms with van der Waals surface area (Å²) in [6, 6.07) is 3.91. The summed E-state index contributed by atoms with van der Waals surface area (Å²) in [5.41, 5.74) is 0.638. The maximum Gasteiger partial charge on any atom is 0.340 e. The van der Waals surface area contributed by atoms with E-state index in [1.165, 1.54) is 35.2 Å². The number of hydrogen-bond acceptors (Lipinski definition) is 8. The Hall–Kier alpha value is -2.46. The monoisotopic (exact) mass is 409 g/mol. The molecule has 0 bridgehead atoms. The standard InChI is InChI=1S/C17H19N3O5S2/c1-4-10(2)18-15(21)8-25-16(22)13-7-12(20(23)24)5-6-14(13)27-17-19-11(3)9-26-17/h5-7,9-10H,4,8H2,1-3H3,(H,18,21)/t10-/m1/s1. The van der Waals surface area contributed by atoms with Crippen LogP contribution in [0.25, 0.3) is 0 Å². The van der Waals surface area contributed by atoms with Gasteiger partial charge in [-0.25, -0.2) is 9.78 Å². The fourth-order valence-corrected chi connectivity index (χ4v) is 3.87. The summed E-state index contributed by atoms with van der Waals surface area (Å²) in [5, 5.41) is 15.6. The van der Waals surface area contributed by atoms with Gasteiger partial charge in [0.15, 0.2) is 10.9 Å². The number of esters is 1. The number of non-ortho nitro benzene ring substituents is 1. The Kier molecular flexibility index (Phi) is 7.31. The van der Waals surface area contributed by atoms with Crippen LogP contribution in [0, 0.1) is 17.0 Å². The Labute approximate surface area is 164 Å². The van der Waals surface area contributed by atoms with E-state index < -0.39 is 23.4 Å². The second-order valence-electron chi connectivity index (χ2n) is 5.75. The predicted molar refractivity (Wildman–Crippen MR) is 102 cm³/mol. The van der Waals surface area contributed by atoms with Crippen molar-refractivity contribution in [3.63, 3.8) is 0 Å². The van der Waals surface area contributed by atoms with Gasteiger partial charge in [0.1, 0.15) is 0 Å². The number of carbonyl (C=O) groups is 2. The average molecular weight is 409 g/mol. The van der Waals surface area contributed by atoms with Gasteiger partial charge in [0.05, 0.1) is 10.5 Å². The summed E-state index contributed by atoms with van der Waals surface area (Å²) in [6.45, 7) is 5.16. The third-order valence-electron chi connectivity index (χ3n) is 3.54. The Morgan fingerprint density at radius 1 is 1.44 bits per heavy atom. The molecule has 0 aliphatic heterocycles. The van der Waals surface area contributed by atoms with Crippen molar-refractivity contribution in [1.29, 1.82) is 0 Å². The molecule has 144 valence electrons. The molecule has 10 heteroatoms. The van der Waals surface area contributed by atoms with E-state index in [4.69, 9.17) is 4.74 Å². The van der Waals surface area contributed by atoms with Crippen molar-refractivity contribution in [1.82, 2.24) is 10.3 Å². The summed E-state index contributed by atoms with van der Waals surface area (Å²) in [4.78, 5) is 39.5. The van der Waals surface area contributed by atoms with E-state index in [-0.39, 0.29) is 17.3 Å². The molecule has 27 heavy (non-hydrogen) atoms. The van der Waals surface area contributed by atoms with Gasteiger partial charge in [0.2, 0.25) is 0 Å². The molecule has 0 fully saturated rings. The number of aromatic nitrogens is 1. The van der Waals surface area contributed by atoms with Crippen LogP contribution in [0.2, 0.25) is 0 Å². The highest BCUT2D eigenvalue weighted by atomic mass is 32.2. The molecule has 0 radical (unpaired) electrons. The zero-order valence-electron chi connectivity index (χ0n) is 15.1. The van der Waals surface area contributed by atoms with Crippen molar-refractivity contribution in [3.8, 4) is 0 Å². The van der Waals surface area contributed by atoms with Gasteiger partial charge in [-0.15, -0.1) is 11.3 Å². The van der Waals surface area contributed by atoms with E-state index in [1.807, 2.05) is 26.2 Å². The number of hydrogen-bond donors (Lipinski definition) is 1. The smallest absolute Gasteiger partial charge is 0.340 e. The van der Waals surface area contributed by atoms with Crippen LogP contribution in [0.1, 0.15) is 36.3 Å². The Balaban J connectivity index is 2.18. The second kappa shape index (κ2) is 9.47. The number of carbonyl (C=O) groups excluding carboxylic acids is 2. The molecule has 0 aliphatic carbocycles. The molecular formula is C17H19N3O5S2. The molecule has 0 saturated heterocycles. The zero-order chi connectivity index (χ0) is 20.0. The lowest BCUT2D eigenvalue weighted by Crippen LogP contribution is -2.35. The third-order valence-corrected chi connectivity index (χ3v) is 5.68. The first kappa shape index (κ1) is 20.8. The largest absolute Gasteiger partial charge is 0.452 e. The molecule has 0 spiro atoms. The van der Waals surface area contributed by atoms with E-state index in [1.54, 1.807) is 0 Å². The number of thiazole rings is 1. The number of amides is 1. The molecule has 1 atom stereocenters. The van der Waals surface area contributed by atoms with Crippen LogP contribution in [0.3, 0.4) is 0 Å². The van der Waals surface area contributed by atoms with Gasteiger partial charge in [-0.2, -0.15) is 0 Å². The first-order valence-corrected chi connectivity index (χ1v) is 9.84. The molecule has 1 N–H and O–H groups in total. The molecule has 8 nitrogen and oxygen atoms in total. The Morgan fingerprint density at radius 2 is 2.19 bits per heavy atom. The molecule has 1 amide bonds. The quantitative estimate of drug-likeness (QED) is 0.403. The molecule has 1 aromatic heterocycles. The van der Waals surface area contributed by atoms with Gasteiger partial charge in [-0.05, 0) is 26.3 Å². The number of rotatable bonds is 8. The maximum atomic E-state index is 12.4. The SMILES string of the molecule is CC[C@@H](C)NC(=O)COC(=O)c1cc([N+](=O)[O-])ccc1Sc1nc(C)cs1. The zero-order valence-corrected chi connectivity index (χ0v) is 16.7. The van der Waals surface area contributed by atoms with E-state index in [2.05, 4.69) is 10.3 Å². The molecule has 0 saturated carbocycles. The minimum absolute atomic E-state index is 0.0263. The number of nitrogens with one attached hydrogen (secondary N) is 1. The first-order valence-electron chi connectivity index (χ1n) is 8.15. The average Bonchev–Trinajstić information content (AvgIpc) is 3.04. The summed E-state index contributed by atoms with van der Waals surface area (Å²) in [5.74, 6) is -1.22. The minimum atomic E-state index is -0.797. The molecule has 2 rings (SSSR count). The fraction of sp³-hybridized carbons (Fsp3) is 0.353. The van der Waals surface area contributed by atoms with Crippen molar-refractivity contribution in [3.05, 3.63) is 45.0 Å². The molecule has 2 aromatic rings. The Morgan fingerprint density at radius 3 is 2.78 bits per heavy atom. The number of aryl methyl sites for hydroxylation is 1. The summed E-state index contributed by atoms with van der Waals surface area (Å²) in [7, 11) is 0. The molecule has 1 heterocycles. The van der Waals surface area contributed by atoms with Gasteiger partial charge in [-0.1, -0.05) is 18.7 Å². The van der Waals surface area contributed by atoms with Crippen molar-refractivity contribution in [2.45, 2.75) is 42.5 Å². The molecule has 0 aliphatic rings. The van der Waals surface area contributed by atoms with Gasteiger partial charge >= 0.3 is 5.97 Å². The second-order valence-corrected chi connectivity index (χ2v) is 7.89. The summed E-state index contributed by atoms with van der Waals surface area (Å²) < 4.78 is 5.75. The summed E-state index contributed by atoms with van der Waals surface area (Å²) in [6.07, 6.45) is 0.749. The highest BCUT2D eigenvalue weighted by molar-refractivity contribution is 8.01. The molecule has 1 aromatic carbocycles. The number of nitro benzene ring substituents is 1. The van der Waals surface area contributed by atoms with Crippen LogP contribution in [-0.4, -0.2) is 34.4 Å². The normalized spacial score (nSPS) is 11.7. The van der Waals surface area contributed by atoms with Crippen LogP contribution in [0.4, 0.5) is 5.69 Å². The van der Waals surface area contributed by atoms with Crippen LogP contribution in [-0.2, 0) is 9.53 Å². The predicted octanol–water partition coefficient (Wildman–Crippen LogP) is 3.58. The highest BCUT2D eigenvalue weighted by Crippen LogP contribution is 2.34. The fourth-order valence-electron chi connectivity index (χ4n) is 1.98. The molecular weight excluding hydrogens is 390 g/mol. The number of ether oxygens (including phenoxy) is 1. The van der Waals surface area contributed by atoms with Crippen LogP contribution in [0.15, 0.2) is 32.8 Å². The lowest BCUT2D eigenvalue weighted by molar-refractivity contribution is -0.384. The number of benzene rings is 1. The van der Waals surface area contributed by atoms with Crippen molar-refractivity contribution >= 4 is 40.7 Å². The van der Waals surface area contributed by atoms with Crippen molar-refractivity contribution < 1.29 is 19.2 Å². The van der Waals surface area contributed by atoms with E-state index >= 15 is 0 Å². The Bertz CT molecular complexity index is 853. The van der Waals surface area contributed by atoms with Crippen molar-refractivity contribution in [2.24, 2.45) is 0 Å². The highest BCUT2D eigenvalue weighted by Gasteiger charge is 2.20. The van der Waals surface area contributed by atoms with Gasteiger partial charge in [0, 0.05) is 34.1 Å². The lowest BCUT2D eigenvalue weighted by Gasteiger charge is -2.12. The first-order chi connectivity index (χ1) is 12.8. The van der Waals surface area contributed by atoms with E-state index in [0.717, 1.165) is 18.2 Å². The molecule has 0 unspecified atom stereocenters. The van der Waals surface area contributed by atoms with Gasteiger partial charge < -0.3 is 10.1 Å². The van der Waals surface area contributed by atoms with Crippen LogP contribution >= 0.6 is 23.1 Å². The number of nitrogens with zero attached hydrogens (tertiary/aromatic N) is 2. The summed E-state index contributed by atoms with van der Waals surface area (Å²) >= 11 is 2.62. The van der Waals surface area contributed by atoms with Crippen LogP contribution in [0.5, 0.6) is 0 Å². The lowest BCUT2D eigenvalue weighted by atomic mass is 10.2. The minimum Gasteiger partial charge on any atom is -0.452 e. The maximum absolute atomic E-state index is 12.4. The van der Waals surface area contributed by atoms with E-state index in [9.17, 15) is 19.7 Å². The van der Waals surface area contributed by atoms with Crippen LogP contribution < -0.4 is 5.32 Å².